The minimum Gasteiger partial charge on any atom is -0.436 e. The molecule has 4 nitrogen and oxygen atoms in total. The second-order valence-electron chi connectivity index (χ2n) is 8.07. The first-order valence-electron chi connectivity index (χ1n) is 10.4. The van der Waals surface area contributed by atoms with Crippen LogP contribution in [0.5, 0.6) is 0 Å². The van der Waals surface area contributed by atoms with Gasteiger partial charge in [0.05, 0.1) is 22.5 Å². The van der Waals surface area contributed by atoms with Crippen molar-refractivity contribution in [2.75, 3.05) is 0 Å². The molecule has 0 aliphatic heterocycles. The van der Waals surface area contributed by atoms with Crippen molar-refractivity contribution < 1.29 is 35.2 Å². The van der Waals surface area contributed by atoms with Gasteiger partial charge < -0.3 is 8.83 Å². The normalized spacial score (nSPS) is 18.3. The molecular formula is C25H16F6N2O2. The number of hydrogen-bond acceptors (Lipinski definition) is 4. The fraction of sp³-hybridized carbons (Fsp3) is 0.200. The lowest BCUT2D eigenvalue weighted by atomic mass is 10.0. The summed E-state index contributed by atoms with van der Waals surface area (Å²) in [4.78, 5) is 8.04. The zero-order valence-electron chi connectivity index (χ0n) is 18.3. The molecular weight excluding hydrogens is 474 g/mol. The van der Waals surface area contributed by atoms with Gasteiger partial charge in [0.2, 0.25) is 11.8 Å². The average Bonchev–Trinajstić information content (AvgIpc) is 3.42. The number of alkyl halides is 6. The van der Waals surface area contributed by atoms with Gasteiger partial charge in [0.25, 0.3) is 0 Å². The average molecular weight is 490 g/mol. The largest absolute Gasteiger partial charge is 0.436 e. The van der Waals surface area contributed by atoms with Crippen LogP contribution in [0.25, 0.3) is 34.1 Å². The van der Waals surface area contributed by atoms with Crippen LogP contribution in [0.1, 0.15) is 22.9 Å². The van der Waals surface area contributed by atoms with Crippen LogP contribution in [0.15, 0.2) is 69.5 Å². The van der Waals surface area contributed by atoms with Crippen molar-refractivity contribution in [3.63, 3.8) is 0 Å². The first-order chi connectivity index (χ1) is 16.5. The van der Waals surface area contributed by atoms with E-state index in [9.17, 15) is 8.78 Å². The minimum absolute atomic E-state index is 0.182. The number of rotatable bonds is 4. The van der Waals surface area contributed by atoms with Crippen LogP contribution < -0.4 is 0 Å². The van der Waals surface area contributed by atoms with Crippen molar-refractivity contribution in [1.29, 1.82) is 0 Å². The summed E-state index contributed by atoms with van der Waals surface area (Å²) in [5, 5.41) is 0. The van der Waals surface area contributed by atoms with Crippen molar-refractivity contribution in [3.05, 3.63) is 83.6 Å². The van der Waals surface area contributed by atoms with Gasteiger partial charge in [0, 0.05) is 11.1 Å². The number of aryl methyl sites for hydroxylation is 2. The summed E-state index contributed by atoms with van der Waals surface area (Å²) in [6.07, 6.45) is 0. The quantitative estimate of drug-likeness (QED) is 0.279. The number of oxazole rings is 2. The van der Waals surface area contributed by atoms with Crippen LogP contribution in [0, 0.1) is 13.8 Å². The van der Waals surface area contributed by atoms with E-state index in [-0.39, 0.29) is 23.2 Å². The molecule has 0 saturated heterocycles. The van der Waals surface area contributed by atoms with Crippen LogP contribution in [-0.2, 0) is 0 Å². The third-order valence-corrected chi connectivity index (χ3v) is 5.76. The third-order valence-electron chi connectivity index (χ3n) is 5.76. The van der Waals surface area contributed by atoms with Crippen LogP contribution in [0.3, 0.4) is 0 Å². The van der Waals surface area contributed by atoms with E-state index in [1.165, 1.54) is 13.8 Å². The molecule has 180 valence electrons. The topological polar surface area (TPSA) is 52.1 Å². The Morgan fingerprint density at radius 3 is 1.26 bits per heavy atom. The zero-order chi connectivity index (χ0) is 25.2. The monoisotopic (exact) mass is 490 g/mol. The lowest BCUT2D eigenvalue weighted by Crippen LogP contribution is -2.48. The van der Waals surface area contributed by atoms with Gasteiger partial charge in [-0.3, -0.25) is 0 Å². The van der Waals surface area contributed by atoms with E-state index in [0.717, 1.165) is 0 Å². The molecule has 0 unspecified atom stereocenters. The van der Waals surface area contributed by atoms with Gasteiger partial charge in [-0.05, 0) is 38.1 Å². The summed E-state index contributed by atoms with van der Waals surface area (Å²) in [5.74, 6) is -18.5. The van der Waals surface area contributed by atoms with Crippen LogP contribution in [0.2, 0.25) is 0 Å². The van der Waals surface area contributed by atoms with Crippen molar-refractivity contribution >= 4 is 11.1 Å². The molecule has 2 aromatic carbocycles. The standard InChI is InChI=1S/C25H16F6N2O2/c1-13-19(34-21(32-13)15-9-5-3-6-10-15)17-18(24(28,29)25(30,31)23(17,26)27)20-14(2)33-22(35-20)16-11-7-4-8-12-16/h3-12H,1-2H3. The fourth-order valence-corrected chi connectivity index (χ4v) is 4.00. The Kier molecular flexibility index (Phi) is 4.98. The van der Waals surface area contributed by atoms with Crippen molar-refractivity contribution in [3.8, 4) is 22.9 Å². The molecule has 0 amide bonds. The van der Waals surface area contributed by atoms with Crippen molar-refractivity contribution in [2.24, 2.45) is 0 Å². The molecule has 1 aliphatic rings. The minimum atomic E-state index is -5.76. The molecule has 0 spiro atoms. The summed E-state index contributed by atoms with van der Waals surface area (Å²) in [6, 6.07) is 16.0. The smallest absolute Gasteiger partial charge is 0.380 e. The molecule has 0 fully saturated rings. The summed E-state index contributed by atoms with van der Waals surface area (Å²) in [5.41, 5.74) is -3.18. The molecule has 0 radical (unpaired) electrons. The van der Waals surface area contributed by atoms with E-state index in [0.29, 0.717) is 11.1 Å². The maximum atomic E-state index is 15.1. The van der Waals surface area contributed by atoms with Gasteiger partial charge in [-0.1, -0.05) is 36.4 Å². The van der Waals surface area contributed by atoms with E-state index in [1.807, 2.05) is 0 Å². The molecule has 2 aromatic heterocycles. The highest BCUT2D eigenvalue weighted by Crippen LogP contribution is 2.65. The second-order valence-corrected chi connectivity index (χ2v) is 8.07. The summed E-state index contributed by atoms with van der Waals surface area (Å²) < 4.78 is 101. The molecule has 0 saturated carbocycles. The van der Waals surface area contributed by atoms with Gasteiger partial charge in [-0.2, -0.15) is 26.3 Å². The van der Waals surface area contributed by atoms with E-state index < -0.39 is 40.4 Å². The molecule has 10 heteroatoms. The van der Waals surface area contributed by atoms with Crippen molar-refractivity contribution in [1.82, 2.24) is 9.97 Å². The SMILES string of the molecule is Cc1nc(-c2ccccc2)oc1C1=C(c2oc(-c3ccccc3)nc2C)C(F)(F)C(F)(F)C1(F)F. The first kappa shape index (κ1) is 22.9. The Balaban J connectivity index is 1.78. The highest BCUT2D eigenvalue weighted by molar-refractivity contribution is 5.99. The number of allylic oxidation sites excluding steroid dienone is 2. The molecule has 2 heterocycles. The maximum absolute atomic E-state index is 15.1. The molecule has 5 rings (SSSR count). The zero-order valence-corrected chi connectivity index (χ0v) is 18.3. The predicted molar refractivity (Wildman–Crippen MR) is 115 cm³/mol. The number of halogens is 6. The number of nitrogens with zero attached hydrogens (tertiary/aromatic N) is 2. The molecule has 1 aliphatic carbocycles. The summed E-state index contributed by atoms with van der Waals surface area (Å²) in [6.45, 7) is 2.42. The predicted octanol–water partition coefficient (Wildman–Crippen LogP) is 7.44. The van der Waals surface area contributed by atoms with Gasteiger partial charge in [0.15, 0.2) is 11.5 Å². The van der Waals surface area contributed by atoms with E-state index in [1.54, 1.807) is 60.7 Å². The van der Waals surface area contributed by atoms with Gasteiger partial charge >= 0.3 is 17.8 Å². The lowest BCUT2D eigenvalue weighted by Gasteiger charge is -2.25. The van der Waals surface area contributed by atoms with Gasteiger partial charge in [0.1, 0.15) is 0 Å². The van der Waals surface area contributed by atoms with Crippen LogP contribution in [-0.4, -0.2) is 27.7 Å². The summed E-state index contributed by atoms with van der Waals surface area (Å²) in [7, 11) is 0. The molecule has 4 aromatic rings. The molecule has 0 atom stereocenters. The summed E-state index contributed by atoms with van der Waals surface area (Å²) >= 11 is 0. The molecule has 0 N–H and O–H groups in total. The number of benzene rings is 2. The second kappa shape index (κ2) is 7.59. The van der Waals surface area contributed by atoms with E-state index in [2.05, 4.69) is 9.97 Å². The first-order valence-corrected chi connectivity index (χ1v) is 10.4. The maximum Gasteiger partial charge on any atom is 0.380 e. The van der Waals surface area contributed by atoms with E-state index >= 15 is 17.6 Å². The lowest BCUT2D eigenvalue weighted by molar-refractivity contribution is -0.254. The Bertz CT molecular complexity index is 1330. The number of hydrogen-bond donors (Lipinski definition) is 0. The number of aromatic nitrogens is 2. The van der Waals surface area contributed by atoms with Gasteiger partial charge in [-0.25, -0.2) is 9.97 Å². The van der Waals surface area contributed by atoms with Crippen LogP contribution in [0.4, 0.5) is 26.3 Å². The Morgan fingerprint density at radius 1 is 0.571 bits per heavy atom. The van der Waals surface area contributed by atoms with Crippen molar-refractivity contribution in [2.45, 2.75) is 31.6 Å². The Hall–Kier alpha value is -3.82. The van der Waals surface area contributed by atoms with E-state index in [4.69, 9.17) is 8.83 Å². The molecule has 35 heavy (non-hydrogen) atoms. The fourth-order valence-electron chi connectivity index (χ4n) is 4.00. The highest BCUT2D eigenvalue weighted by Gasteiger charge is 2.81. The Morgan fingerprint density at radius 2 is 0.914 bits per heavy atom. The third kappa shape index (κ3) is 3.23. The van der Waals surface area contributed by atoms with Gasteiger partial charge in [-0.15, -0.1) is 0 Å². The Labute approximate surface area is 194 Å². The highest BCUT2D eigenvalue weighted by atomic mass is 19.3. The van der Waals surface area contributed by atoms with Crippen LogP contribution >= 0.6 is 0 Å². The molecule has 0 bridgehead atoms.